The summed E-state index contributed by atoms with van der Waals surface area (Å²) in [5, 5.41) is 2.59. The molecule has 1 unspecified atom stereocenters. The summed E-state index contributed by atoms with van der Waals surface area (Å²) in [7, 11) is 1.59. The van der Waals surface area contributed by atoms with E-state index in [0.717, 1.165) is 31.9 Å². The number of fused-ring (bicyclic) bond motifs is 3. The highest BCUT2D eigenvalue weighted by Gasteiger charge is 2.33. The zero-order valence-corrected chi connectivity index (χ0v) is 14.7. The number of amides is 1. The van der Waals surface area contributed by atoms with Gasteiger partial charge in [-0.25, -0.2) is 9.97 Å². The van der Waals surface area contributed by atoms with Gasteiger partial charge in [0.1, 0.15) is 23.8 Å². The number of carbonyl (C=O) groups excluding carboxylic acids is 1. The van der Waals surface area contributed by atoms with E-state index in [-0.39, 0.29) is 11.9 Å². The van der Waals surface area contributed by atoms with E-state index < -0.39 is 0 Å². The van der Waals surface area contributed by atoms with E-state index in [1.807, 2.05) is 18.2 Å². The van der Waals surface area contributed by atoms with Crippen molar-refractivity contribution in [2.24, 2.45) is 0 Å². The number of nitrogens with two attached hydrogens (primary N) is 1. The van der Waals surface area contributed by atoms with Gasteiger partial charge in [0.15, 0.2) is 0 Å². The van der Waals surface area contributed by atoms with Crippen LogP contribution in [0.2, 0.25) is 0 Å². The van der Waals surface area contributed by atoms with Crippen LogP contribution in [0.3, 0.4) is 0 Å². The first-order valence-corrected chi connectivity index (χ1v) is 8.69. The second-order valence-electron chi connectivity index (χ2n) is 6.58. The Labute approximate surface area is 152 Å². The lowest BCUT2D eigenvalue weighted by atomic mass is 10.1. The standard InChI is InChI=1S/C18H22N6O2/c1-20-17(25)14-2-3-15-18(22-14)26-11-13-10-23(6-7-24(13)15)9-12-4-5-21-16(19)8-12/h2-5,8,13H,6-7,9-11H2,1H3,(H2,19,21)(H,20,25). The zero-order valence-electron chi connectivity index (χ0n) is 14.7. The molecule has 1 saturated heterocycles. The van der Waals surface area contributed by atoms with Gasteiger partial charge in [-0.05, 0) is 29.8 Å². The van der Waals surface area contributed by atoms with Crippen LogP contribution in [0.5, 0.6) is 5.88 Å². The SMILES string of the molecule is CNC(=O)c1ccc2c(n1)OCC1CN(Cc3ccnc(N)c3)CCN21. The number of pyridine rings is 2. The van der Waals surface area contributed by atoms with Crippen molar-refractivity contribution in [3.8, 4) is 5.88 Å². The Morgan fingerprint density at radius 2 is 2.27 bits per heavy atom. The summed E-state index contributed by atoms with van der Waals surface area (Å²) in [4.78, 5) is 24.9. The molecule has 4 heterocycles. The molecule has 8 heteroatoms. The first kappa shape index (κ1) is 16.6. The molecule has 0 aliphatic carbocycles. The minimum absolute atomic E-state index is 0.208. The van der Waals surface area contributed by atoms with Crippen LogP contribution in [-0.2, 0) is 6.54 Å². The van der Waals surface area contributed by atoms with E-state index in [2.05, 4.69) is 25.1 Å². The van der Waals surface area contributed by atoms with Crippen molar-refractivity contribution in [2.75, 3.05) is 43.9 Å². The minimum atomic E-state index is -0.208. The Kier molecular flexibility index (Phi) is 4.34. The van der Waals surface area contributed by atoms with Crippen LogP contribution in [0, 0.1) is 0 Å². The van der Waals surface area contributed by atoms with Crippen molar-refractivity contribution in [1.82, 2.24) is 20.2 Å². The van der Waals surface area contributed by atoms with Gasteiger partial charge in [0, 0.05) is 39.4 Å². The lowest BCUT2D eigenvalue weighted by Gasteiger charge is -2.45. The second-order valence-corrected chi connectivity index (χ2v) is 6.58. The number of aromatic nitrogens is 2. The van der Waals surface area contributed by atoms with Crippen LogP contribution in [0.15, 0.2) is 30.5 Å². The van der Waals surface area contributed by atoms with Crippen LogP contribution in [0.1, 0.15) is 16.1 Å². The minimum Gasteiger partial charge on any atom is -0.474 e. The number of hydrogen-bond donors (Lipinski definition) is 2. The number of piperazine rings is 1. The first-order valence-electron chi connectivity index (χ1n) is 8.69. The summed E-state index contributed by atoms with van der Waals surface area (Å²) < 4.78 is 5.86. The predicted molar refractivity (Wildman–Crippen MR) is 98.2 cm³/mol. The fourth-order valence-corrected chi connectivity index (χ4v) is 3.56. The van der Waals surface area contributed by atoms with Gasteiger partial charge in [-0.15, -0.1) is 0 Å². The van der Waals surface area contributed by atoms with Gasteiger partial charge >= 0.3 is 0 Å². The highest BCUT2D eigenvalue weighted by Crippen LogP contribution is 2.34. The molecular weight excluding hydrogens is 332 g/mol. The van der Waals surface area contributed by atoms with Gasteiger partial charge in [-0.2, -0.15) is 0 Å². The molecular formula is C18H22N6O2. The van der Waals surface area contributed by atoms with Crippen molar-refractivity contribution in [2.45, 2.75) is 12.6 Å². The lowest BCUT2D eigenvalue weighted by Crippen LogP contribution is -2.57. The number of carbonyl (C=O) groups is 1. The van der Waals surface area contributed by atoms with E-state index in [1.54, 1.807) is 19.3 Å². The summed E-state index contributed by atoms with van der Waals surface area (Å²) in [6.45, 7) is 4.14. The Balaban J connectivity index is 1.47. The summed E-state index contributed by atoms with van der Waals surface area (Å²) in [5.41, 5.74) is 8.27. The molecule has 26 heavy (non-hydrogen) atoms. The second kappa shape index (κ2) is 6.80. The number of hydrogen-bond acceptors (Lipinski definition) is 7. The molecule has 4 rings (SSSR count). The average molecular weight is 354 g/mol. The van der Waals surface area contributed by atoms with Crippen molar-refractivity contribution in [3.05, 3.63) is 41.7 Å². The van der Waals surface area contributed by atoms with Gasteiger partial charge in [0.05, 0.1) is 6.04 Å². The lowest BCUT2D eigenvalue weighted by molar-refractivity contribution is 0.0956. The van der Waals surface area contributed by atoms with E-state index in [4.69, 9.17) is 10.5 Å². The Morgan fingerprint density at radius 3 is 3.08 bits per heavy atom. The van der Waals surface area contributed by atoms with Crippen LogP contribution in [0.25, 0.3) is 0 Å². The Hall–Kier alpha value is -2.87. The molecule has 2 aliphatic rings. The molecule has 0 saturated carbocycles. The molecule has 2 aromatic heterocycles. The molecule has 1 amide bonds. The molecule has 0 radical (unpaired) electrons. The molecule has 1 fully saturated rings. The van der Waals surface area contributed by atoms with Crippen molar-refractivity contribution >= 4 is 17.4 Å². The molecule has 8 nitrogen and oxygen atoms in total. The smallest absolute Gasteiger partial charge is 0.269 e. The molecule has 3 N–H and O–H groups in total. The summed E-state index contributed by atoms with van der Waals surface area (Å²) >= 11 is 0. The maximum Gasteiger partial charge on any atom is 0.269 e. The average Bonchev–Trinajstić information content (AvgIpc) is 2.66. The summed E-state index contributed by atoms with van der Waals surface area (Å²) in [6.07, 6.45) is 1.75. The van der Waals surface area contributed by atoms with Crippen LogP contribution < -0.4 is 20.7 Å². The fourth-order valence-electron chi connectivity index (χ4n) is 3.56. The fraction of sp³-hybridized carbons (Fsp3) is 0.389. The van der Waals surface area contributed by atoms with Gasteiger partial charge < -0.3 is 20.7 Å². The zero-order chi connectivity index (χ0) is 18.1. The quantitative estimate of drug-likeness (QED) is 0.828. The third-order valence-corrected chi connectivity index (χ3v) is 4.84. The van der Waals surface area contributed by atoms with E-state index in [1.165, 1.54) is 5.56 Å². The monoisotopic (exact) mass is 354 g/mol. The van der Waals surface area contributed by atoms with Crippen LogP contribution >= 0.6 is 0 Å². The molecule has 0 aromatic carbocycles. The number of nitrogen functional groups attached to an aromatic ring is 1. The normalized spacial score (nSPS) is 19.3. The molecule has 2 aliphatic heterocycles. The Morgan fingerprint density at radius 1 is 1.38 bits per heavy atom. The van der Waals surface area contributed by atoms with Crippen LogP contribution in [-0.4, -0.2) is 60.1 Å². The molecule has 1 atom stereocenters. The van der Waals surface area contributed by atoms with Gasteiger partial charge in [0.2, 0.25) is 5.88 Å². The molecule has 2 aromatic rings. The topological polar surface area (TPSA) is 96.6 Å². The molecule has 0 spiro atoms. The number of nitrogens with one attached hydrogen (secondary N) is 1. The van der Waals surface area contributed by atoms with Gasteiger partial charge in [0.25, 0.3) is 5.91 Å². The number of ether oxygens (including phenoxy) is 1. The molecule has 136 valence electrons. The number of rotatable bonds is 3. The summed E-state index contributed by atoms with van der Waals surface area (Å²) in [6, 6.07) is 7.86. The maximum absolute atomic E-state index is 11.8. The summed E-state index contributed by atoms with van der Waals surface area (Å²) in [5.74, 6) is 0.881. The number of anilines is 2. The van der Waals surface area contributed by atoms with Crippen molar-refractivity contribution < 1.29 is 9.53 Å². The van der Waals surface area contributed by atoms with Crippen LogP contribution in [0.4, 0.5) is 11.5 Å². The maximum atomic E-state index is 11.8. The largest absolute Gasteiger partial charge is 0.474 e. The van der Waals surface area contributed by atoms with E-state index >= 15 is 0 Å². The van der Waals surface area contributed by atoms with E-state index in [9.17, 15) is 4.79 Å². The predicted octanol–water partition coefficient (Wildman–Crippen LogP) is 0.502. The van der Waals surface area contributed by atoms with E-state index in [0.29, 0.717) is 24.0 Å². The van der Waals surface area contributed by atoms with Gasteiger partial charge in [-0.3, -0.25) is 9.69 Å². The van der Waals surface area contributed by atoms with Crippen molar-refractivity contribution in [1.29, 1.82) is 0 Å². The third-order valence-electron chi connectivity index (χ3n) is 4.84. The molecule has 0 bridgehead atoms. The Bertz CT molecular complexity index is 827. The van der Waals surface area contributed by atoms with Crippen molar-refractivity contribution in [3.63, 3.8) is 0 Å². The third kappa shape index (κ3) is 3.15. The first-order chi connectivity index (χ1) is 12.6. The highest BCUT2D eigenvalue weighted by atomic mass is 16.5. The van der Waals surface area contributed by atoms with Gasteiger partial charge in [-0.1, -0.05) is 0 Å². The highest BCUT2D eigenvalue weighted by molar-refractivity contribution is 5.92. The number of nitrogens with zero attached hydrogens (tertiary/aromatic N) is 4.